The van der Waals surface area contributed by atoms with Gasteiger partial charge in [0.1, 0.15) is 0 Å². The van der Waals surface area contributed by atoms with Gasteiger partial charge in [-0.15, -0.1) is 13.2 Å². The van der Waals surface area contributed by atoms with Gasteiger partial charge in [-0.05, 0) is 44.4 Å². The molecule has 0 N–H and O–H groups in total. The second-order valence-electron chi connectivity index (χ2n) is 5.58. The number of nitrogens with zero attached hydrogens (tertiary/aromatic N) is 1. The summed E-state index contributed by atoms with van der Waals surface area (Å²) in [6.45, 7) is 9.78. The third-order valence-electron chi connectivity index (χ3n) is 3.64. The standard InChI is InChI=1S/C19H31NO/c1-4-7-8-9-10-11-12-15-18(13-5-2)16-19(14-6-3)20-17-21/h5-6,11-12,18-19H,2-4,7-10,13-16H2,1H3. The lowest BCUT2D eigenvalue weighted by Gasteiger charge is -2.16. The fraction of sp³-hybridized carbons (Fsp3) is 0.632. The minimum atomic E-state index is 0.0166. The fourth-order valence-corrected chi connectivity index (χ4v) is 2.47. The van der Waals surface area contributed by atoms with Crippen LogP contribution in [-0.2, 0) is 4.79 Å². The molecule has 0 rings (SSSR count). The van der Waals surface area contributed by atoms with Crippen LogP contribution in [0.5, 0.6) is 0 Å². The summed E-state index contributed by atoms with van der Waals surface area (Å²) in [6.07, 6.45) is 20.0. The number of allylic oxidation sites excluding steroid dienone is 3. The first-order valence-electron chi connectivity index (χ1n) is 8.22. The lowest BCUT2D eigenvalue weighted by Crippen LogP contribution is -2.10. The lowest BCUT2D eigenvalue weighted by molar-refractivity contribution is 0.438. The van der Waals surface area contributed by atoms with Gasteiger partial charge in [-0.1, -0.05) is 50.5 Å². The predicted molar refractivity (Wildman–Crippen MR) is 92.2 cm³/mol. The van der Waals surface area contributed by atoms with E-state index in [4.69, 9.17) is 0 Å². The van der Waals surface area contributed by atoms with Crippen LogP contribution in [0, 0.1) is 5.92 Å². The maximum absolute atomic E-state index is 10.5. The van der Waals surface area contributed by atoms with Gasteiger partial charge in [-0.3, -0.25) is 0 Å². The maximum Gasteiger partial charge on any atom is 0.235 e. The molecule has 2 nitrogen and oxygen atoms in total. The molecule has 118 valence electrons. The number of hydrogen-bond donors (Lipinski definition) is 0. The van der Waals surface area contributed by atoms with Gasteiger partial charge in [0.05, 0.1) is 6.04 Å². The molecule has 0 aromatic carbocycles. The van der Waals surface area contributed by atoms with Crippen molar-refractivity contribution in [1.29, 1.82) is 0 Å². The Morgan fingerprint density at radius 3 is 2.43 bits per heavy atom. The van der Waals surface area contributed by atoms with Crippen molar-refractivity contribution in [2.75, 3.05) is 0 Å². The summed E-state index contributed by atoms with van der Waals surface area (Å²) in [5.74, 6) is 0.497. The molecule has 2 atom stereocenters. The molecule has 2 unspecified atom stereocenters. The highest BCUT2D eigenvalue weighted by Crippen LogP contribution is 2.20. The molecular weight excluding hydrogens is 258 g/mol. The van der Waals surface area contributed by atoms with E-state index in [0.717, 1.165) is 25.7 Å². The van der Waals surface area contributed by atoms with E-state index in [1.807, 2.05) is 12.2 Å². The molecule has 2 heteroatoms. The summed E-state index contributed by atoms with van der Waals surface area (Å²) in [7, 11) is 0. The van der Waals surface area contributed by atoms with Crippen LogP contribution in [0.1, 0.15) is 64.7 Å². The molecule has 0 aromatic rings. The van der Waals surface area contributed by atoms with Gasteiger partial charge in [0.25, 0.3) is 0 Å². The van der Waals surface area contributed by atoms with E-state index in [-0.39, 0.29) is 6.04 Å². The smallest absolute Gasteiger partial charge is 0.211 e. The summed E-state index contributed by atoms with van der Waals surface area (Å²) < 4.78 is 0. The summed E-state index contributed by atoms with van der Waals surface area (Å²) >= 11 is 0. The third-order valence-corrected chi connectivity index (χ3v) is 3.64. The van der Waals surface area contributed by atoms with Gasteiger partial charge in [0.15, 0.2) is 0 Å². The maximum atomic E-state index is 10.5. The van der Waals surface area contributed by atoms with E-state index in [2.05, 4.69) is 37.2 Å². The number of unbranched alkanes of at least 4 members (excludes halogenated alkanes) is 4. The molecule has 0 radical (unpaired) electrons. The summed E-state index contributed by atoms with van der Waals surface area (Å²) in [6, 6.07) is 0.0166. The lowest BCUT2D eigenvalue weighted by atomic mass is 9.92. The van der Waals surface area contributed by atoms with E-state index >= 15 is 0 Å². The molecule has 0 heterocycles. The minimum Gasteiger partial charge on any atom is -0.211 e. The van der Waals surface area contributed by atoms with Crippen LogP contribution < -0.4 is 0 Å². The van der Waals surface area contributed by atoms with Crippen LogP contribution in [0.4, 0.5) is 0 Å². The van der Waals surface area contributed by atoms with Gasteiger partial charge >= 0.3 is 0 Å². The molecule has 0 saturated carbocycles. The Morgan fingerprint density at radius 2 is 1.81 bits per heavy atom. The Balaban J connectivity index is 4.15. The van der Waals surface area contributed by atoms with E-state index in [1.54, 1.807) is 6.08 Å². The van der Waals surface area contributed by atoms with Crippen molar-refractivity contribution in [2.45, 2.75) is 70.8 Å². The van der Waals surface area contributed by atoms with E-state index in [0.29, 0.717) is 5.92 Å². The molecule has 0 spiro atoms. The van der Waals surface area contributed by atoms with Crippen LogP contribution in [0.3, 0.4) is 0 Å². The first-order chi connectivity index (χ1) is 10.3. The Bertz CT molecular complexity index is 339. The van der Waals surface area contributed by atoms with Gasteiger partial charge in [0.2, 0.25) is 6.08 Å². The Labute approximate surface area is 130 Å². The van der Waals surface area contributed by atoms with E-state index in [9.17, 15) is 4.79 Å². The van der Waals surface area contributed by atoms with E-state index < -0.39 is 0 Å². The van der Waals surface area contributed by atoms with Crippen LogP contribution in [-0.4, -0.2) is 12.1 Å². The predicted octanol–water partition coefficient (Wildman–Crippen LogP) is 5.77. The van der Waals surface area contributed by atoms with Gasteiger partial charge in [-0.2, -0.15) is 0 Å². The SMILES string of the molecule is C=CCC(CC=CCCCCCC)CC(CC=C)N=C=O. The number of rotatable bonds is 14. The molecule has 0 aliphatic rings. The van der Waals surface area contributed by atoms with Crippen molar-refractivity contribution in [3.8, 4) is 0 Å². The van der Waals surface area contributed by atoms with Gasteiger partial charge in [-0.25, -0.2) is 9.79 Å². The number of hydrogen-bond acceptors (Lipinski definition) is 2. The van der Waals surface area contributed by atoms with Crippen LogP contribution in [0.15, 0.2) is 42.5 Å². The normalized spacial score (nSPS) is 13.6. The average molecular weight is 289 g/mol. The molecule has 0 amide bonds. The number of carbonyl (C=O) groups excluding carboxylic acids is 1. The largest absolute Gasteiger partial charge is 0.235 e. The highest BCUT2D eigenvalue weighted by atomic mass is 16.1. The van der Waals surface area contributed by atoms with Gasteiger partial charge < -0.3 is 0 Å². The first-order valence-corrected chi connectivity index (χ1v) is 8.22. The number of isocyanates is 1. The zero-order valence-electron chi connectivity index (χ0n) is 13.6. The molecular formula is C19H31NO. The molecule has 0 bridgehead atoms. The van der Waals surface area contributed by atoms with Crippen molar-refractivity contribution < 1.29 is 4.79 Å². The molecule has 0 aliphatic carbocycles. The highest BCUT2D eigenvalue weighted by molar-refractivity contribution is 5.33. The Hall–Kier alpha value is -1.40. The minimum absolute atomic E-state index is 0.0166. The van der Waals surface area contributed by atoms with Gasteiger partial charge in [0, 0.05) is 0 Å². The van der Waals surface area contributed by atoms with Crippen molar-refractivity contribution in [3.05, 3.63) is 37.5 Å². The Morgan fingerprint density at radius 1 is 1.05 bits per heavy atom. The molecule has 21 heavy (non-hydrogen) atoms. The molecule has 0 fully saturated rings. The van der Waals surface area contributed by atoms with E-state index in [1.165, 1.54) is 32.1 Å². The van der Waals surface area contributed by atoms with Crippen LogP contribution in [0.25, 0.3) is 0 Å². The van der Waals surface area contributed by atoms with Crippen LogP contribution >= 0.6 is 0 Å². The third kappa shape index (κ3) is 12.1. The highest BCUT2D eigenvalue weighted by Gasteiger charge is 2.13. The summed E-state index contributed by atoms with van der Waals surface area (Å²) in [4.78, 5) is 14.3. The first kappa shape index (κ1) is 19.6. The fourth-order valence-electron chi connectivity index (χ4n) is 2.47. The summed E-state index contributed by atoms with van der Waals surface area (Å²) in [5, 5.41) is 0. The van der Waals surface area contributed by atoms with Crippen LogP contribution in [0.2, 0.25) is 0 Å². The molecule has 0 saturated heterocycles. The quantitative estimate of drug-likeness (QED) is 0.173. The molecule has 0 aliphatic heterocycles. The zero-order valence-corrected chi connectivity index (χ0v) is 13.6. The topological polar surface area (TPSA) is 29.4 Å². The average Bonchev–Trinajstić information content (AvgIpc) is 2.47. The Kier molecular flexibility index (Phi) is 14.0. The number of aliphatic imine (C=N–C) groups is 1. The summed E-state index contributed by atoms with van der Waals surface area (Å²) in [5.41, 5.74) is 0. The second kappa shape index (κ2) is 15.0. The van der Waals surface area contributed by atoms with Crippen molar-refractivity contribution in [2.24, 2.45) is 10.9 Å². The van der Waals surface area contributed by atoms with Crippen molar-refractivity contribution >= 4 is 6.08 Å². The van der Waals surface area contributed by atoms with Crippen molar-refractivity contribution in [3.63, 3.8) is 0 Å². The zero-order chi connectivity index (χ0) is 15.8. The molecule has 0 aromatic heterocycles. The van der Waals surface area contributed by atoms with Crippen molar-refractivity contribution in [1.82, 2.24) is 0 Å². The monoisotopic (exact) mass is 289 g/mol. The second-order valence-corrected chi connectivity index (χ2v) is 5.58.